The van der Waals surface area contributed by atoms with Crippen molar-refractivity contribution in [2.75, 3.05) is 32.8 Å². The van der Waals surface area contributed by atoms with Crippen molar-refractivity contribution < 1.29 is 23.5 Å². The quantitative estimate of drug-likeness (QED) is 0.629. The molecular formula is C20H16Cl2N2O5S. The zero-order chi connectivity index (χ0) is 21.3. The van der Waals surface area contributed by atoms with Crippen molar-refractivity contribution in [2.24, 2.45) is 0 Å². The number of hydrogen-bond acceptors (Lipinski definition) is 6. The molecule has 2 aliphatic heterocycles. The van der Waals surface area contributed by atoms with E-state index in [1.807, 2.05) is 0 Å². The van der Waals surface area contributed by atoms with Crippen molar-refractivity contribution in [3.05, 3.63) is 51.0 Å². The maximum atomic E-state index is 12.7. The van der Waals surface area contributed by atoms with Crippen LogP contribution in [0, 0.1) is 0 Å². The molecule has 10 heteroatoms. The van der Waals surface area contributed by atoms with Crippen LogP contribution in [0.2, 0.25) is 10.0 Å². The first-order valence-electron chi connectivity index (χ1n) is 9.08. The number of morpholine rings is 1. The fourth-order valence-electron chi connectivity index (χ4n) is 3.07. The molecule has 0 N–H and O–H groups in total. The highest BCUT2D eigenvalue weighted by Gasteiger charge is 2.37. The Labute approximate surface area is 186 Å². The van der Waals surface area contributed by atoms with Gasteiger partial charge in [-0.25, -0.2) is 0 Å². The molecule has 0 bridgehead atoms. The van der Waals surface area contributed by atoms with Crippen LogP contribution in [-0.4, -0.2) is 59.7 Å². The molecule has 0 spiro atoms. The van der Waals surface area contributed by atoms with Gasteiger partial charge in [0.1, 0.15) is 18.1 Å². The van der Waals surface area contributed by atoms with Crippen LogP contribution >= 0.6 is 35.0 Å². The fourth-order valence-corrected chi connectivity index (χ4v) is 4.28. The Morgan fingerprint density at radius 3 is 2.67 bits per heavy atom. The molecule has 2 fully saturated rings. The third-order valence-corrected chi connectivity index (χ3v) is 6.10. The molecule has 0 radical (unpaired) electrons. The minimum absolute atomic E-state index is 0.188. The third-order valence-electron chi connectivity index (χ3n) is 4.62. The van der Waals surface area contributed by atoms with E-state index >= 15 is 0 Å². The van der Waals surface area contributed by atoms with Crippen LogP contribution in [0.15, 0.2) is 39.7 Å². The molecule has 4 rings (SSSR count). The van der Waals surface area contributed by atoms with Gasteiger partial charge in [-0.15, -0.1) is 0 Å². The summed E-state index contributed by atoms with van der Waals surface area (Å²) in [5.74, 6) is 0.0598. The number of rotatable bonds is 4. The maximum Gasteiger partial charge on any atom is 0.294 e. The van der Waals surface area contributed by atoms with Crippen molar-refractivity contribution in [3.8, 4) is 11.3 Å². The van der Waals surface area contributed by atoms with Crippen LogP contribution in [-0.2, 0) is 14.3 Å². The van der Waals surface area contributed by atoms with Gasteiger partial charge in [-0.2, -0.15) is 0 Å². The summed E-state index contributed by atoms with van der Waals surface area (Å²) in [6.07, 6.45) is 1.48. The molecule has 2 saturated heterocycles. The lowest BCUT2D eigenvalue weighted by molar-refractivity contribution is -0.139. The Morgan fingerprint density at radius 1 is 1.13 bits per heavy atom. The first-order valence-corrected chi connectivity index (χ1v) is 10.7. The predicted molar refractivity (Wildman–Crippen MR) is 114 cm³/mol. The van der Waals surface area contributed by atoms with Gasteiger partial charge < -0.3 is 14.1 Å². The zero-order valence-electron chi connectivity index (χ0n) is 15.6. The largest absolute Gasteiger partial charge is 0.457 e. The Morgan fingerprint density at radius 2 is 1.90 bits per heavy atom. The summed E-state index contributed by atoms with van der Waals surface area (Å²) in [6, 6.07) is 8.39. The van der Waals surface area contributed by atoms with Gasteiger partial charge in [-0.3, -0.25) is 19.3 Å². The standard InChI is InChI=1S/C20H16Cl2N2O5S/c21-12-1-3-15(22)14(9-12)16-4-2-13(29-16)10-17-19(26)24(20(27)30-17)11-18(25)23-5-7-28-8-6-23/h1-4,9-10H,5-8,11H2/b17-10+. The minimum Gasteiger partial charge on any atom is -0.457 e. The smallest absolute Gasteiger partial charge is 0.294 e. The molecule has 0 unspecified atom stereocenters. The van der Waals surface area contributed by atoms with E-state index in [0.717, 1.165) is 16.7 Å². The van der Waals surface area contributed by atoms with Crippen LogP contribution in [0.5, 0.6) is 0 Å². The van der Waals surface area contributed by atoms with Gasteiger partial charge in [-0.05, 0) is 42.1 Å². The summed E-state index contributed by atoms with van der Waals surface area (Å²) in [5, 5.41) is 0.498. The van der Waals surface area contributed by atoms with E-state index in [1.54, 1.807) is 35.2 Å². The number of carbonyl (C=O) groups is 3. The molecule has 0 atom stereocenters. The lowest BCUT2D eigenvalue weighted by Crippen LogP contribution is -2.46. The van der Waals surface area contributed by atoms with E-state index in [9.17, 15) is 14.4 Å². The molecular weight excluding hydrogens is 451 g/mol. The summed E-state index contributed by atoms with van der Waals surface area (Å²) in [4.78, 5) is 40.0. The van der Waals surface area contributed by atoms with Gasteiger partial charge in [0, 0.05) is 29.8 Å². The van der Waals surface area contributed by atoms with Crippen molar-refractivity contribution >= 4 is 58.1 Å². The fraction of sp³-hybridized carbons (Fsp3) is 0.250. The number of hydrogen-bond donors (Lipinski definition) is 0. The van der Waals surface area contributed by atoms with E-state index in [4.69, 9.17) is 32.4 Å². The van der Waals surface area contributed by atoms with E-state index in [-0.39, 0.29) is 17.4 Å². The van der Waals surface area contributed by atoms with E-state index in [2.05, 4.69) is 0 Å². The molecule has 2 aromatic rings. The van der Waals surface area contributed by atoms with E-state index < -0.39 is 11.1 Å². The normalized spacial score (nSPS) is 18.5. The lowest BCUT2D eigenvalue weighted by Gasteiger charge is -2.27. The maximum absolute atomic E-state index is 12.7. The molecule has 156 valence electrons. The first kappa shape index (κ1) is 21.0. The second-order valence-electron chi connectivity index (χ2n) is 6.59. The van der Waals surface area contributed by atoms with Crippen molar-refractivity contribution in [3.63, 3.8) is 0 Å². The number of nitrogens with zero attached hydrogens (tertiary/aromatic N) is 2. The molecule has 0 saturated carbocycles. The van der Waals surface area contributed by atoms with Gasteiger partial charge in [-0.1, -0.05) is 23.2 Å². The molecule has 1 aromatic heterocycles. The molecule has 3 heterocycles. The summed E-state index contributed by atoms with van der Waals surface area (Å²) >= 11 is 13.0. The Bertz CT molecular complexity index is 1050. The molecule has 30 heavy (non-hydrogen) atoms. The van der Waals surface area contributed by atoms with Crippen LogP contribution < -0.4 is 0 Å². The lowest BCUT2D eigenvalue weighted by atomic mass is 10.2. The minimum atomic E-state index is -0.523. The molecule has 1 aromatic carbocycles. The number of carbonyl (C=O) groups excluding carboxylic acids is 3. The van der Waals surface area contributed by atoms with E-state index in [1.165, 1.54) is 6.08 Å². The average Bonchev–Trinajstić information content (AvgIpc) is 3.30. The van der Waals surface area contributed by atoms with Gasteiger partial charge in [0.15, 0.2) is 0 Å². The number of benzene rings is 1. The summed E-state index contributed by atoms with van der Waals surface area (Å²) in [6.45, 7) is 1.51. The average molecular weight is 467 g/mol. The SMILES string of the molecule is O=C(CN1C(=O)S/C(=C/c2ccc(-c3cc(Cl)ccc3Cl)o2)C1=O)N1CCOCC1. The van der Waals surface area contributed by atoms with Gasteiger partial charge >= 0.3 is 0 Å². The molecule has 7 nitrogen and oxygen atoms in total. The van der Waals surface area contributed by atoms with Gasteiger partial charge in [0.05, 0.1) is 23.1 Å². The highest BCUT2D eigenvalue weighted by Crippen LogP contribution is 2.35. The zero-order valence-corrected chi connectivity index (χ0v) is 17.9. The number of thioether (sulfide) groups is 1. The van der Waals surface area contributed by atoms with Crippen molar-refractivity contribution in [1.82, 2.24) is 9.80 Å². The number of halogens is 2. The summed E-state index contributed by atoms with van der Waals surface area (Å²) < 4.78 is 11.0. The number of furan rings is 1. The highest BCUT2D eigenvalue weighted by atomic mass is 35.5. The monoisotopic (exact) mass is 466 g/mol. The van der Waals surface area contributed by atoms with Crippen LogP contribution in [0.3, 0.4) is 0 Å². The molecule has 3 amide bonds. The van der Waals surface area contributed by atoms with Gasteiger partial charge in [0.25, 0.3) is 11.1 Å². The highest BCUT2D eigenvalue weighted by molar-refractivity contribution is 8.18. The van der Waals surface area contributed by atoms with Crippen LogP contribution in [0.1, 0.15) is 5.76 Å². The van der Waals surface area contributed by atoms with Gasteiger partial charge in [0.2, 0.25) is 5.91 Å². The molecule has 2 aliphatic rings. The van der Waals surface area contributed by atoms with Crippen LogP contribution in [0.25, 0.3) is 17.4 Å². The number of imide groups is 1. The Kier molecular flexibility index (Phi) is 6.19. The van der Waals surface area contributed by atoms with Crippen molar-refractivity contribution in [2.45, 2.75) is 0 Å². The second-order valence-corrected chi connectivity index (χ2v) is 8.42. The summed E-state index contributed by atoms with van der Waals surface area (Å²) in [7, 11) is 0. The number of amides is 3. The second kappa shape index (κ2) is 8.85. The van der Waals surface area contributed by atoms with Crippen LogP contribution in [0.4, 0.5) is 4.79 Å². The van der Waals surface area contributed by atoms with E-state index in [0.29, 0.717) is 53.4 Å². The summed E-state index contributed by atoms with van der Waals surface area (Å²) in [5.41, 5.74) is 0.619. The molecule has 0 aliphatic carbocycles. The predicted octanol–water partition coefficient (Wildman–Crippen LogP) is 4.15. The van der Waals surface area contributed by atoms with Crippen molar-refractivity contribution in [1.29, 1.82) is 0 Å². The Hall–Kier alpha value is -2.26. The Balaban J connectivity index is 1.49. The topological polar surface area (TPSA) is 80.1 Å². The third kappa shape index (κ3) is 4.41. The number of ether oxygens (including phenoxy) is 1. The first-order chi connectivity index (χ1) is 14.4.